The number of nitrogens with zero attached hydrogens (tertiary/aromatic N) is 2. The third-order valence-corrected chi connectivity index (χ3v) is 2.35. The number of hydrogen-bond acceptors (Lipinski definition) is 3. The van der Waals surface area contributed by atoms with Crippen molar-refractivity contribution < 1.29 is 18.0 Å². The normalized spacial score (nSPS) is 11.3. The second kappa shape index (κ2) is 4.61. The molecule has 8 heteroatoms. The summed E-state index contributed by atoms with van der Waals surface area (Å²) in [6, 6.07) is 5.87. The molecule has 2 rings (SSSR count). The Bertz CT molecular complexity index is 669. The van der Waals surface area contributed by atoms with Gasteiger partial charge in [-0.15, -0.1) is 0 Å². The van der Waals surface area contributed by atoms with Crippen molar-refractivity contribution in [3.05, 3.63) is 29.6 Å². The molecule has 0 aliphatic heterocycles. The van der Waals surface area contributed by atoms with Gasteiger partial charge in [0.15, 0.2) is 0 Å². The van der Waals surface area contributed by atoms with Crippen molar-refractivity contribution >= 4 is 16.9 Å². The van der Waals surface area contributed by atoms with Crippen molar-refractivity contribution in [3.8, 4) is 6.07 Å². The molecule has 0 fully saturated rings. The minimum atomic E-state index is -4.61. The Labute approximate surface area is 105 Å². The molecule has 5 nitrogen and oxygen atoms in total. The van der Waals surface area contributed by atoms with Crippen LogP contribution in [0.3, 0.4) is 0 Å². The monoisotopic (exact) mass is 268 g/mol. The number of aromatic nitrogens is 2. The largest absolute Gasteiger partial charge is 0.449 e. The second-order valence-corrected chi connectivity index (χ2v) is 3.63. The summed E-state index contributed by atoms with van der Waals surface area (Å²) in [4.78, 5) is 17.2. The first-order valence-corrected chi connectivity index (χ1v) is 5.14. The lowest BCUT2D eigenvalue weighted by Crippen LogP contribution is -2.23. The minimum absolute atomic E-state index is 0.0144. The molecule has 0 radical (unpaired) electrons. The Kier molecular flexibility index (Phi) is 3.12. The smallest absolute Gasteiger partial charge is 0.339 e. The summed E-state index contributed by atoms with van der Waals surface area (Å²) in [5.41, 5.74) is 0.0155. The molecule has 0 aliphatic rings. The predicted molar refractivity (Wildman–Crippen MR) is 59.0 cm³/mol. The van der Waals surface area contributed by atoms with Crippen LogP contribution in [0.4, 0.5) is 13.2 Å². The highest BCUT2D eigenvalue weighted by molar-refractivity contribution is 6.04. The van der Waals surface area contributed by atoms with Gasteiger partial charge in [-0.1, -0.05) is 6.07 Å². The van der Waals surface area contributed by atoms with E-state index >= 15 is 0 Å². The second-order valence-electron chi connectivity index (χ2n) is 3.63. The maximum absolute atomic E-state index is 12.5. The number of benzene rings is 1. The molecule has 0 saturated carbocycles. The van der Waals surface area contributed by atoms with Gasteiger partial charge in [-0.2, -0.15) is 18.4 Å². The molecule has 2 N–H and O–H groups in total. The van der Waals surface area contributed by atoms with Crippen molar-refractivity contribution in [2.45, 2.75) is 6.18 Å². The van der Waals surface area contributed by atoms with Gasteiger partial charge in [0.2, 0.25) is 5.82 Å². The molecule has 1 amide bonds. The number of rotatable bonds is 2. The number of carbonyl (C=O) groups is 1. The standard InChI is InChI=1S/C11H7F3N4O/c12-11(13,14)10-17-7-3-1-2-6(8(7)18-10)9(19)16-5-4-15/h1-3H,5H2,(H,16,19)(H,17,18). The van der Waals surface area contributed by atoms with Crippen LogP contribution in [0.5, 0.6) is 0 Å². The molecule has 1 heterocycles. The van der Waals surface area contributed by atoms with E-state index in [1.165, 1.54) is 18.2 Å². The van der Waals surface area contributed by atoms with Gasteiger partial charge in [0.05, 0.1) is 17.1 Å². The van der Waals surface area contributed by atoms with Crippen LogP contribution in [0.25, 0.3) is 11.0 Å². The van der Waals surface area contributed by atoms with E-state index in [4.69, 9.17) is 5.26 Å². The zero-order chi connectivity index (χ0) is 14.0. The highest BCUT2D eigenvalue weighted by Crippen LogP contribution is 2.29. The molecular weight excluding hydrogens is 261 g/mol. The lowest BCUT2D eigenvalue weighted by molar-refractivity contribution is -0.144. The van der Waals surface area contributed by atoms with E-state index in [2.05, 4.69) is 15.3 Å². The van der Waals surface area contributed by atoms with Gasteiger partial charge < -0.3 is 10.3 Å². The van der Waals surface area contributed by atoms with Gasteiger partial charge in [-0.25, -0.2) is 4.98 Å². The van der Waals surface area contributed by atoms with E-state index in [0.717, 1.165) is 0 Å². The molecule has 2 aromatic rings. The zero-order valence-electron chi connectivity index (χ0n) is 9.38. The Morgan fingerprint density at radius 1 is 1.47 bits per heavy atom. The molecule has 1 aromatic heterocycles. The quantitative estimate of drug-likeness (QED) is 0.815. The molecule has 0 atom stereocenters. The number of nitriles is 1. The number of imidazole rings is 1. The summed E-state index contributed by atoms with van der Waals surface area (Å²) >= 11 is 0. The Morgan fingerprint density at radius 3 is 2.84 bits per heavy atom. The fourth-order valence-corrected chi connectivity index (χ4v) is 1.56. The molecule has 1 aromatic carbocycles. The average molecular weight is 268 g/mol. The fraction of sp³-hybridized carbons (Fsp3) is 0.182. The van der Waals surface area contributed by atoms with Gasteiger partial charge in [0, 0.05) is 0 Å². The maximum Gasteiger partial charge on any atom is 0.449 e. The number of fused-ring (bicyclic) bond motifs is 1. The molecule has 0 saturated heterocycles. The van der Waals surface area contributed by atoms with Crippen LogP contribution in [0.2, 0.25) is 0 Å². The average Bonchev–Trinajstić information content (AvgIpc) is 2.79. The number of alkyl halides is 3. The summed E-state index contributed by atoms with van der Waals surface area (Å²) in [5.74, 6) is -1.81. The first-order chi connectivity index (χ1) is 8.93. The van der Waals surface area contributed by atoms with Crippen molar-refractivity contribution in [2.75, 3.05) is 6.54 Å². The molecule has 98 valence electrons. The van der Waals surface area contributed by atoms with E-state index < -0.39 is 17.9 Å². The summed E-state index contributed by atoms with van der Waals surface area (Å²) in [6.45, 7) is -0.230. The number of halogens is 3. The van der Waals surface area contributed by atoms with Crippen LogP contribution < -0.4 is 5.32 Å². The molecule has 0 aliphatic carbocycles. The number of hydrogen-bond donors (Lipinski definition) is 2. The van der Waals surface area contributed by atoms with E-state index in [-0.39, 0.29) is 23.1 Å². The van der Waals surface area contributed by atoms with Crippen molar-refractivity contribution in [1.82, 2.24) is 15.3 Å². The first-order valence-electron chi connectivity index (χ1n) is 5.14. The van der Waals surface area contributed by atoms with Crippen LogP contribution in [0, 0.1) is 11.3 Å². The summed E-state index contributed by atoms with van der Waals surface area (Å²) in [7, 11) is 0. The van der Waals surface area contributed by atoms with Gasteiger partial charge in [-0.05, 0) is 12.1 Å². The van der Waals surface area contributed by atoms with E-state index in [9.17, 15) is 18.0 Å². The molecule has 19 heavy (non-hydrogen) atoms. The van der Waals surface area contributed by atoms with Crippen molar-refractivity contribution in [2.24, 2.45) is 0 Å². The van der Waals surface area contributed by atoms with E-state index in [0.29, 0.717) is 0 Å². The molecular formula is C11H7F3N4O. The zero-order valence-corrected chi connectivity index (χ0v) is 9.38. The number of H-pyrrole nitrogens is 1. The van der Waals surface area contributed by atoms with Gasteiger partial charge in [-0.3, -0.25) is 4.79 Å². The lowest BCUT2D eigenvalue weighted by atomic mass is 10.1. The van der Waals surface area contributed by atoms with Crippen LogP contribution in [0.15, 0.2) is 18.2 Å². The Morgan fingerprint density at radius 2 is 2.21 bits per heavy atom. The maximum atomic E-state index is 12.5. The van der Waals surface area contributed by atoms with E-state index in [1.807, 2.05) is 0 Å². The summed E-state index contributed by atoms with van der Waals surface area (Å²) in [6.07, 6.45) is -4.61. The third-order valence-electron chi connectivity index (χ3n) is 2.35. The van der Waals surface area contributed by atoms with Gasteiger partial charge in [0.25, 0.3) is 5.91 Å². The van der Waals surface area contributed by atoms with E-state index in [1.54, 1.807) is 6.07 Å². The fourth-order valence-electron chi connectivity index (χ4n) is 1.56. The van der Waals surface area contributed by atoms with Crippen LogP contribution in [-0.4, -0.2) is 22.4 Å². The van der Waals surface area contributed by atoms with Crippen LogP contribution >= 0.6 is 0 Å². The Balaban J connectivity index is 2.49. The summed E-state index contributed by atoms with van der Waals surface area (Å²) < 4.78 is 37.6. The predicted octanol–water partition coefficient (Wildman–Crippen LogP) is 1.84. The van der Waals surface area contributed by atoms with Crippen molar-refractivity contribution in [1.29, 1.82) is 5.26 Å². The number of para-hydroxylation sites is 1. The molecule has 0 spiro atoms. The number of amides is 1. The van der Waals surface area contributed by atoms with Gasteiger partial charge >= 0.3 is 6.18 Å². The first kappa shape index (κ1) is 12.9. The van der Waals surface area contributed by atoms with Crippen LogP contribution in [0.1, 0.15) is 16.2 Å². The van der Waals surface area contributed by atoms with Crippen LogP contribution in [-0.2, 0) is 6.18 Å². The summed E-state index contributed by atoms with van der Waals surface area (Å²) in [5, 5.41) is 10.6. The number of carbonyl (C=O) groups excluding carboxylic acids is 1. The lowest BCUT2D eigenvalue weighted by Gasteiger charge is -2.01. The number of aromatic amines is 1. The molecule has 0 unspecified atom stereocenters. The van der Waals surface area contributed by atoms with Gasteiger partial charge in [0.1, 0.15) is 12.1 Å². The highest BCUT2D eigenvalue weighted by atomic mass is 19.4. The highest BCUT2D eigenvalue weighted by Gasteiger charge is 2.35. The Hall–Kier alpha value is -2.56. The number of nitrogens with one attached hydrogen (secondary N) is 2. The molecule has 0 bridgehead atoms. The minimum Gasteiger partial charge on any atom is -0.339 e. The third kappa shape index (κ3) is 2.49. The topological polar surface area (TPSA) is 81.6 Å². The van der Waals surface area contributed by atoms with Crippen molar-refractivity contribution in [3.63, 3.8) is 0 Å². The SMILES string of the molecule is N#CCNC(=O)c1cccc2[nH]c(C(F)(F)F)nc12.